The van der Waals surface area contributed by atoms with Gasteiger partial charge in [-0.05, 0) is 45.4 Å². The summed E-state index contributed by atoms with van der Waals surface area (Å²) in [6, 6.07) is 4.95. The minimum Gasteiger partial charge on any atom is -0.504 e. The standard InChI is InChI=1S/C20H28N6O3/c1-12(2)25(7-8-27)20-23-18(17-19(24-20)26(11-22-17)13(3)4)21-10-14-5-6-15(28)16(29)9-14/h5-6,9,11-13,27-29H,7-8,10H2,1-4H3,(H,21,23,24). The van der Waals surface area contributed by atoms with Crippen LogP contribution in [-0.4, -0.2) is 54.0 Å². The van der Waals surface area contributed by atoms with Crippen molar-refractivity contribution in [2.45, 2.75) is 46.3 Å². The van der Waals surface area contributed by atoms with Crippen LogP contribution in [0.25, 0.3) is 11.2 Å². The zero-order chi connectivity index (χ0) is 21.1. The SMILES string of the molecule is CC(C)N(CCO)c1nc(NCc2ccc(O)c(O)c2)c2ncn(C(C)C)c2n1. The smallest absolute Gasteiger partial charge is 0.229 e. The predicted molar refractivity (Wildman–Crippen MR) is 112 cm³/mol. The maximum Gasteiger partial charge on any atom is 0.229 e. The van der Waals surface area contributed by atoms with Crippen LogP contribution >= 0.6 is 0 Å². The second kappa shape index (κ2) is 8.52. The third-order valence-electron chi connectivity index (χ3n) is 4.69. The Morgan fingerprint density at radius 2 is 1.86 bits per heavy atom. The Bertz CT molecular complexity index is 986. The van der Waals surface area contributed by atoms with Crippen molar-refractivity contribution in [1.29, 1.82) is 0 Å². The normalized spacial score (nSPS) is 11.6. The molecule has 4 N–H and O–H groups in total. The van der Waals surface area contributed by atoms with Crippen molar-refractivity contribution in [3.63, 3.8) is 0 Å². The molecule has 0 atom stereocenters. The molecule has 156 valence electrons. The average Bonchev–Trinajstić information content (AvgIpc) is 3.10. The fourth-order valence-electron chi connectivity index (χ4n) is 3.10. The lowest BCUT2D eigenvalue weighted by Gasteiger charge is -2.26. The maximum absolute atomic E-state index is 9.72. The fourth-order valence-corrected chi connectivity index (χ4v) is 3.10. The van der Waals surface area contributed by atoms with Crippen LogP contribution in [-0.2, 0) is 6.54 Å². The number of aromatic hydroxyl groups is 2. The second-order valence-corrected chi connectivity index (χ2v) is 7.48. The highest BCUT2D eigenvalue weighted by atomic mass is 16.3. The minimum atomic E-state index is -0.171. The topological polar surface area (TPSA) is 120 Å². The van der Waals surface area contributed by atoms with Crippen molar-refractivity contribution in [3.05, 3.63) is 30.1 Å². The number of rotatable bonds is 8. The van der Waals surface area contributed by atoms with Crippen molar-refractivity contribution in [3.8, 4) is 11.5 Å². The first-order chi connectivity index (χ1) is 13.8. The summed E-state index contributed by atoms with van der Waals surface area (Å²) in [6.45, 7) is 8.97. The van der Waals surface area contributed by atoms with E-state index in [1.54, 1.807) is 12.4 Å². The van der Waals surface area contributed by atoms with Gasteiger partial charge in [0, 0.05) is 25.2 Å². The molecule has 0 amide bonds. The van der Waals surface area contributed by atoms with Crippen LogP contribution in [0.1, 0.15) is 39.3 Å². The van der Waals surface area contributed by atoms with Gasteiger partial charge in [-0.3, -0.25) is 0 Å². The molecule has 0 aliphatic carbocycles. The van der Waals surface area contributed by atoms with Gasteiger partial charge >= 0.3 is 0 Å². The number of phenolic OH excluding ortho intramolecular Hbond substituents is 2. The molecule has 0 saturated carbocycles. The van der Waals surface area contributed by atoms with E-state index in [4.69, 9.17) is 4.98 Å². The van der Waals surface area contributed by atoms with E-state index < -0.39 is 0 Å². The summed E-state index contributed by atoms with van der Waals surface area (Å²) in [7, 11) is 0. The van der Waals surface area contributed by atoms with Gasteiger partial charge in [-0.2, -0.15) is 9.97 Å². The van der Waals surface area contributed by atoms with Crippen LogP contribution in [0.2, 0.25) is 0 Å². The zero-order valence-electron chi connectivity index (χ0n) is 17.2. The molecule has 9 nitrogen and oxygen atoms in total. The summed E-state index contributed by atoms with van der Waals surface area (Å²) < 4.78 is 1.98. The molecular formula is C20H28N6O3. The number of nitrogens with zero attached hydrogens (tertiary/aromatic N) is 5. The fraction of sp³-hybridized carbons (Fsp3) is 0.450. The number of aliphatic hydroxyl groups is 1. The zero-order valence-corrected chi connectivity index (χ0v) is 17.2. The number of aromatic nitrogens is 4. The van der Waals surface area contributed by atoms with E-state index in [1.165, 1.54) is 12.1 Å². The van der Waals surface area contributed by atoms with Crippen molar-refractivity contribution in [1.82, 2.24) is 19.5 Å². The molecule has 2 aromatic heterocycles. The summed E-state index contributed by atoms with van der Waals surface area (Å²) in [5, 5.41) is 31.9. The Labute approximate surface area is 169 Å². The van der Waals surface area contributed by atoms with Crippen molar-refractivity contribution in [2.24, 2.45) is 0 Å². The van der Waals surface area contributed by atoms with Crippen LogP contribution in [0.5, 0.6) is 11.5 Å². The molecule has 0 fully saturated rings. The van der Waals surface area contributed by atoms with Gasteiger partial charge < -0.3 is 30.1 Å². The number of benzene rings is 1. The second-order valence-electron chi connectivity index (χ2n) is 7.48. The molecule has 0 spiro atoms. The molecule has 0 bridgehead atoms. The lowest BCUT2D eigenvalue weighted by Crippen LogP contribution is -2.35. The Balaban J connectivity index is 2.02. The Hall–Kier alpha value is -3.07. The third-order valence-corrected chi connectivity index (χ3v) is 4.69. The lowest BCUT2D eigenvalue weighted by molar-refractivity contribution is 0.298. The van der Waals surface area contributed by atoms with E-state index in [0.29, 0.717) is 36.0 Å². The van der Waals surface area contributed by atoms with E-state index in [-0.39, 0.29) is 30.2 Å². The summed E-state index contributed by atoms with van der Waals surface area (Å²) in [6.07, 6.45) is 1.75. The summed E-state index contributed by atoms with van der Waals surface area (Å²) in [5.74, 6) is 0.754. The summed E-state index contributed by atoms with van der Waals surface area (Å²) >= 11 is 0. The van der Waals surface area contributed by atoms with Crippen molar-refractivity contribution in [2.75, 3.05) is 23.4 Å². The van der Waals surface area contributed by atoms with Crippen molar-refractivity contribution >= 4 is 22.9 Å². The molecule has 0 unspecified atom stereocenters. The van der Waals surface area contributed by atoms with Gasteiger partial charge in [-0.25, -0.2) is 4.98 Å². The highest BCUT2D eigenvalue weighted by molar-refractivity contribution is 5.84. The molecule has 3 aromatic rings. The van der Waals surface area contributed by atoms with Crippen LogP contribution in [0.4, 0.5) is 11.8 Å². The quantitative estimate of drug-likeness (QED) is 0.426. The number of imidazole rings is 1. The predicted octanol–water partition coefficient (Wildman–Crippen LogP) is 2.64. The molecule has 2 heterocycles. The molecule has 9 heteroatoms. The van der Waals surface area contributed by atoms with E-state index in [2.05, 4.69) is 29.1 Å². The van der Waals surface area contributed by atoms with E-state index in [1.807, 2.05) is 23.3 Å². The molecule has 0 radical (unpaired) electrons. The molecule has 1 aromatic carbocycles. The highest BCUT2D eigenvalue weighted by Gasteiger charge is 2.20. The molecular weight excluding hydrogens is 372 g/mol. The van der Waals surface area contributed by atoms with Crippen LogP contribution in [0, 0.1) is 0 Å². The molecule has 3 rings (SSSR count). The lowest BCUT2D eigenvalue weighted by atomic mass is 10.2. The van der Waals surface area contributed by atoms with Gasteiger partial charge in [0.25, 0.3) is 0 Å². The highest BCUT2D eigenvalue weighted by Crippen LogP contribution is 2.28. The van der Waals surface area contributed by atoms with Crippen molar-refractivity contribution < 1.29 is 15.3 Å². The number of nitrogens with one attached hydrogen (secondary N) is 1. The maximum atomic E-state index is 9.72. The van der Waals surface area contributed by atoms with E-state index in [0.717, 1.165) is 5.56 Å². The first-order valence-corrected chi connectivity index (χ1v) is 9.68. The third kappa shape index (κ3) is 4.34. The monoisotopic (exact) mass is 400 g/mol. The van der Waals surface area contributed by atoms with Gasteiger partial charge in [0.1, 0.15) is 0 Å². The van der Waals surface area contributed by atoms with Crippen LogP contribution in [0.3, 0.4) is 0 Å². The number of aliphatic hydroxyl groups excluding tert-OH is 1. The van der Waals surface area contributed by atoms with Gasteiger partial charge in [0.05, 0.1) is 12.9 Å². The minimum absolute atomic E-state index is 0.00142. The van der Waals surface area contributed by atoms with E-state index >= 15 is 0 Å². The summed E-state index contributed by atoms with van der Waals surface area (Å²) in [5.41, 5.74) is 2.15. The van der Waals surface area contributed by atoms with Gasteiger partial charge in [0.15, 0.2) is 28.5 Å². The average molecular weight is 400 g/mol. The van der Waals surface area contributed by atoms with Gasteiger partial charge in [-0.15, -0.1) is 0 Å². The van der Waals surface area contributed by atoms with Crippen LogP contribution in [0.15, 0.2) is 24.5 Å². The van der Waals surface area contributed by atoms with Crippen LogP contribution < -0.4 is 10.2 Å². The summed E-state index contributed by atoms with van der Waals surface area (Å²) in [4.78, 5) is 15.8. The number of phenols is 2. The molecule has 29 heavy (non-hydrogen) atoms. The van der Waals surface area contributed by atoms with Gasteiger partial charge in [0.2, 0.25) is 5.95 Å². The largest absolute Gasteiger partial charge is 0.504 e. The molecule has 0 aliphatic rings. The number of anilines is 2. The number of hydrogen-bond acceptors (Lipinski definition) is 8. The Morgan fingerprint density at radius 3 is 2.48 bits per heavy atom. The first-order valence-electron chi connectivity index (χ1n) is 9.68. The van der Waals surface area contributed by atoms with Gasteiger partial charge in [-0.1, -0.05) is 6.07 Å². The van der Waals surface area contributed by atoms with E-state index in [9.17, 15) is 15.3 Å². The Kier molecular flexibility index (Phi) is 6.07. The number of hydrogen-bond donors (Lipinski definition) is 4. The first kappa shape index (κ1) is 20.7. The molecule has 0 saturated heterocycles. The number of fused-ring (bicyclic) bond motifs is 1. The Morgan fingerprint density at radius 1 is 1.10 bits per heavy atom. The molecule has 0 aliphatic heterocycles.